The molecule has 0 bridgehead atoms. The summed E-state index contributed by atoms with van der Waals surface area (Å²) in [7, 11) is 0. The van der Waals surface area contributed by atoms with Gasteiger partial charge in [-0.25, -0.2) is 4.98 Å². The van der Waals surface area contributed by atoms with Gasteiger partial charge < -0.3 is 9.40 Å². The number of rotatable bonds is 1. The number of para-hydroxylation sites is 1. The van der Waals surface area contributed by atoms with E-state index in [4.69, 9.17) is 4.42 Å². The minimum atomic E-state index is 0.748. The van der Waals surface area contributed by atoms with Gasteiger partial charge in [0.15, 0.2) is 11.6 Å². The number of nitrogens with zero attached hydrogens (tertiary/aromatic N) is 1. The molecule has 4 heteroatoms. The summed E-state index contributed by atoms with van der Waals surface area (Å²) in [5, 5.41) is 0. The van der Waals surface area contributed by atoms with Crippen LogP contribution in [0.15, 0.2) is 45.5 Å². The molecule has 0 spiro atoms. The SMILES string of the molecule is Brc1cccc2[nH]c(-c3ccco3)nc12. The van der Waals surface area contributed by atoms with E-state index in [0.29, 0.717) is 0 Å². The highest BCUT2D eigenvalue weighted by Crippen LogP contribution is 2.25. The van der Waals surface area contributed by atoms with Gasteiger partial charge in [0.2, 0.25) is 0 Å². The number of halogens is 1. The zero-order valence-electron chi connectivity index (χ0n) is 7.70. The van der Waals surface area contributed by atoms with Crippen LogP contribution in [0.25, 0.3) is 22.6 Å². The Bertz CT molecular complexity index is 598. The molecule has 0 unspecified atom stereocenters. The third-order valence-corrected chi connectivity index (χ3v) is 2.86. The summed E-state index contributed by atoms with van der Waals surface area (Å²) in [5.41, 5.74) is 1.92. The average molecular weight is 263 g/mol. The number of aromatic nitrogens is 2. The van der Waals surface area contributed by atoms with Gasteiger partial charge >= 0.3 is 0 Å². The van der Waals surface area contributed by atoms with Crippen molar-refractivity contribution in [3.05, 3.63) is 41.1 Å². The van der Waals surface area contributed by atoms with Crippen LogP contribution in [0.3, 0.4) is 0 Å². The van der Waals surface area contributed by atoms with Gasteiger partial charge in [-0.1, -0.05) is 6.07 Å². The van der Waals surface area contributed by atoms with Crippen LogP contribution in [0.2, 0.25) is 0 Å². The zero-order chi connectivity index (χ0) is 10.3. The summed E-state index contributed by atoms with van der Waals surface area (Å²) in [6.07, 6.45) is 1.64. The Morgan fingerprint density at radius 1 is 1.20 bits per heavy atom. The van der Waals surface area contributed by atoms with Crippen molar-refractivity contribution in [2.24, 2.45) is 0 Å². The maximum absolute atomic E-state index is 5.28. The minimum absolute atomic E-state index is 0.748. The largest absolute Gasteiger partial charge is 0.461 e. The Hall–Kier alpha value is -1.55. The van der Waals surface area contributed by atoms with Crippen LogP contribution in [0.5, 0.6) is 0 Å². The Morgan fingerprint density at radius 2 is 2.13 bits per heavy atom. The van der Waals surface area contributed by atoms with Gasteiger partial charge in [0, 0.05) is 4.47 Å². The lowest BCUT2D eigenvalue weighted by Crippen LogP contribution is -1.74. The molecule has 74 valence electrons. The van der Waals surface area contributed by atoms with Crippen molar-refractivity contribution in [3.63, 3.8) is 0 Å². The van der Waals surface area contributed by atoms with Crippen LogP contribution < -0.4 is 0 Å². The molecule has 1 N–H and O–H groups in total. The lowest BCUT2D eigenvalue weighted by Gasteiger charge is -1.88. The van der Waals surface area contributed by atoms with Crippen molar-refractivity contribution < 1.29 is 4.42 Å². The second-order valence-electron chi connectivity index (χ2n) is 3.20. The molecule has 2 heterocycles. The lowest BCUT2D eigenvalue weighted by atomic mass is 10.3. The molecule has 0 aliphatic rings. The highest BCUT2D eigenvalue weighted by atomic mass is 79.9. The maximum Gasteiger partial charge on any atom is 0.174 e. The highest BCUT2D eigenvalue weighted by Gasteiger charge is 2.08. The fourth-order valence-corrected chi connectivity index (χ4v) is 1.98. The van der Waals surface area contributed by atoms with Gasteiger partial charge in [-0.05, 0) is 40.2 Å². The Labute approximate surface area is 94.3 Å². The first-order chi connectivity index (χ1) is 7.34. The summed E-state index contributed by atoms with van der Waals surface area (Å²) < 4.78 is 6.26. The number of furan rings is 1. The van der Waals surface area contributed by atoms with Crippen molar-refractivity contribution >= 4 is 27.0 Å². The number of nitrogens with one attached hydrogen (secondary N) is 1. The molecule has 0 radical (unpaired) electrons. The van der Waals surface area contributed by atoms with Gasteiger partial charge in [0.1, 0.15) is 5.52 Å². The quantitative estimate of drug-likeness (QED) is 0.729. The highest BCUT2D eigenvalue weighted by molar-refractivity contribution is 9.10. The number of fused-ring (bicyclic) bond motifs is 1. The molecular weight excluding hydrogens is 256 g/mol. The Balaban J connectivity index is 2.27. The first-order valence-corrected chi connectivity index (χ1v) is 5.32. The molecule has 0 saturated carbocycles. The van der Waals surface area contributed by atoms with Crippen LogP contribution in [-0.2, 0) is 0 Å². The van der Waals surface area contributed by atoms with Crippen LogP contribution in [0.4, 0.5) is 0 Å². The first kappa shape index (κ1) is 8.73. The van der Waals surface area contributed by atoms with Gasteiger partial charge in [-0.3, -0.25) is 0 Å². The van der Waals surface area contributed by atoms with E-state index >= 15 is 0 Å². The van der Waals surface area contributed by atoms with Crippen LogP contribution in [0, 0.1) is 0 Å². The summed E-state index contributed by atoms with van der Waals surface area (Å²) in [6, 6.07) is 9.65. The van der Waals surface area contributed by atoms with Crippen molar-refractivity contribution in [3.8, 4) is 11.6 Å². The van der Waals surface area contributed by atoms with E-state index in [0.717, 1.165) is 27.1 Å². The Morgan fingerprint density at radius 3 is 2.87 bits per heavy atom. The zero-order valence-corrected chi connectivity index (χ0v) is 9.28. The fourth-order valence-electron chi connectivity index (χ4n) is 1.53. The number of benzene rings is 1. The van der Waals surface area contributed by atoms with Gasteiger partial charge in [0.25, 0.3) is 0 Å². The van der Waals surface area contributed by atoms with E-state index in [1.165, 1.54) is 0 Å². The summed E-state index contributed by atoms with van der Waals surface area (Å²) >= 11 is 3.46. The van der Waals surface area contributed by atoms with Crippen LogP contribution in [0.1, 0.15) is 0 Å². The van der Waals surface area contributed by atoms with E-state index in [-0.39, 0.29) is 0 Å². The minimum Gasteiger partial charge on any atom is -0.461 e. The third kappa shape index (κ3) is 1.37. The fraction of sp³-hybridized carbons (Fsp3) is 0. The lowest BCUT2D eigenvalue weighted by molar-refractivity contribution is 0.578. The smallest absolute Gasteiger partial charge is 0.174 e. The second kappa shape index (κ2) is 3.24. The monoisotopic (exact) mass is 262 g/mol. The van der Waals surface area contributed by atoms with E-state index in [1.807, 2.05) is 30.3 Å². The molecular formula is C11H7BrN2O. The van der Waals surface area contributed by atoms with Crippen molar-refractivity contribution in [1.82, 2.24) is 9.97 Å². The molecule has 2 aromatic heterocycles. The Kier molecular flexibility index (Phi) is 1.89. The molecule has 0 aliphatic heterocycles. The van der Waals surface area contributed by atoms with E-state index in [9.17, 15) is 0 Å². The third-order valence-electron chi connectivity index (χ3n) is 2.22. The maximum atomic E-state index is 5.28. The van der Waals surface area contributed by atoms with Crippen molar-refractivity contribution in [2.45, 2.75) is 0 Å². The predicted molar refractivity (Wildman–Crippen MR) is 61.5 cm³/mol. The molecule has 0 atom stereocenters. The molecule has 15 heavy (non-hydrogen) atoms. The number of imidazole rings is 1. The molecule has 0 saturated heterocycles. The predicted octanol–water partition coefficient (Wildman–Crippen LogP) is 3.59. The second-order valence-corrected chi connectivity index (χ2v) is 4.05. The molecule has 0 aliphatic carbocycles. The normalized spacial score (nSPS) is 11.0. The molecule has 1 aromatic carbocycles. The van der Waals surface area contributed by atoms with Crippen LogP contribution in [-0.4, -0.2) is 9.97 Å². The van der Waals surface area contributed by atoms with Gasteiger partial charge in [0.05, 0.1) is 11.8 Å². The van der Waals surface area contributed by atoms with Crippen molar-refractivity contribution in [1.29, 1.82) is 0 Å². The molecule has 3 nitrogen and oxygen atoms in total. The number of hydrogen-bond donors (Lipinski definition) is 1. The molecule has 3 aromatic rings. The van der Waals surface area contributed by atoms with Gasteiger partial charge in [-0.15, -0.1) is 0 Å². The summed E-state index contributed by atoms with van der Waals surface area (Å²) in [5.74, 6) is 1.50. The van der Waals surface area contributed by atoms with Gasteiger partial charge in [-0.2, -0.15) is 0 Å². The molecule has 0 amide bonds. The van der Waals surface area contributed by atoms with E-state index in [2.05, 4.69) is 25.9 Å². The number of hydrogen-bond acceptors (Lipinski definition) is 2. The van der Waals surface area contributed by atoms with E-state index < -0.39 is 0 Å². The topological polar surface area (TPSA) is 41.8 Å². The summed E-state index contributed by atoms with van der Waals surface area (Å²) in [6.45, 7) is 0. The molecule has 0 fully saturated rings. The molecule has 3 rings (SSSR count). The summed E-state index contributed by atoms with van der Waals surface area (Å²) in [4.78, 5) is 7.66. The first-order valence-electron chi connectivity index (χ1n) is 4.53. The average Bonchev–Trinajstić information content (AvgIpc) is 2.86. The van der Waals surface area contributed by atoms with E-state index in [1.54, 1.807) is 6.26 Å². The number of H-pyrrole nitrogens is 1. The van der Waals surface area contributed by atoms with Crippen LogP contribution >= 0.6 is 15.9 Å². The number of aromatic amines is 1. The van der Waals surface area contributed by atoms with Crippen molar-refractivity contribution in [2.75, 3.05) is 0 Å². The standard InChI is InChI=1S/C11H7BrN2O/c12-7-3-1-4-8-10(7)14-11(13-8)9-5-2-6-15-9/h1-6H,(H,13,14).